The zero-order valence-corrected chi connectivity index (χ0v) is 17.1. The summed E-state index contributed by atoms with van der Waals surface area (Å²) in [5, 5.41) is 2.70. The van der Waals surface area contributed by atoms with Crippen LogP contribution in [-0.2, 0) is 19.6 Å². The summed E-state index contributed by atoms with van der Waals surface area (Å²) in [7, 11) is -2.34. The van der Waals surface area contributed by atoms with E-state index in [9.17, 15) is 18.0 Å². The van der Waals surface area contributed by atoms with Crippen molar-refractivity contribution in [3.63, 3.8) is 0 Å². The van der Waals surface area contributed by atoms with E-state index in [2.05, 4.69) is 5.32 Å². The molecule has 0 bridgehead atoms. The molecule has 1 saturated heterocycles. The summed E-state index contributed by atoms with van der Waals surface area (Å²) >= 11 is 0. The Morgan fingerprint density at radius 3 is 2.44 bits per heavy atom. The molecule has 0 aromatic heterocycles. The fourth-order valence-electron chi connectivity index (χ4n) is 3.10. The van der Waals surface area contributed by atoms with Gasteiger partial charge in [0.1, 0.15) is 6.04 Å². The summed E-state index contributed by atoms with van der Waals surface area (Å²) in [6.45, 7) is 6.49. The van der Waals surface area contributed by atoms with Crippen molar-refractivity contribution >= 4 is 21.9 Å². The number of nitrogens with zero attached hydrogens (tertiary/aromatic N) is 1. The Morgan fingerprint density at radius 2 is 1.89 bits per heavy atom. The van der Waals surface area contributed by atoms with Crippen molar-refractivity contribution in [2.75, 3.05) is 20.2 Å². The second kappa shape index (κ2) is 8.84. The number of benzene rings is 1. The van der Waals surface area contributed by atoms with E-state index in [0.717, 1.165) is 12.8 Å². The second-order valence-electron chi connectivity index (χ2n) is 6.95. The lowest BCUT2D eigenvalue weighted by atomic mass is 9.98. The molecule has 8 heteroatoms. The smallest absolute Gasteiger partial charge is 0.328 e. The van der Waals surface area contributed by atoms with Crippen molar-refractivity contribution in [2.24, 2.45) is 5.92 Å². The summed E-state index contributed by atoms with van der Waals surface area (Å²) < 4.78 is 31.8. The average Bonchev–Trinajstić information content (AvgIpc) is 3.20. The first-order valence-corrected chi connectivity index (χ1v) is 10.7. The Bertz CT molecular complexity index is 800. The first kappa shape index (κ1) is 21.4. The summed E-state index contributed by atoms with van der Waals surface area (Å²) in [6, 6.07) is 3.75. The van der Waals surface area contributed by atoms with Crippen LogP contribution in [0.3, 0.4) is 0 Å². The number of carbonyl (C=O) groups excluding carboxylic acids is 2. The first-order chi connectivity index (χ1) is 12.7. The standard InChI is InChI=1S/C19H28N2O5S/c1-5-13(2)17(19(23)26-4)20-18(22)16-12-15(9-8-14(16)3)27(24,25)21-10-6-7-11-21/h8-9,12-13,17H,5-7,10-11H2,1-4H3,(H,20,22)/t13-,17+/m1/s1. The van der Waals surface area contributed by atoms with Crippen molar-refractivity contribution in [3.8, 4) is 0 Å². The number of carbonyl (C=O) groups is 2. The molecule has 150 valence electrons. The molecule has 1 aromatic rings. The molecule has 0 unspecified atom stereocenters. The number of rotatable bonds is 7. The van der Waals surface area contributed by atoms with E-state index < -0.39 is 27.9 Å². The van der Waals surface area contributed by atoms with Crippen LogP contribution in [0.5, 0.6) is 0 Å². The lowest BCUT2D eigenvalue weighted by molar-refractivity contribution is -0.144. The van der Waals surface area contributed by atoms with E-state index in [1.807, 2.05) is 13.8 Å². The molecule has 1 aromatic carbocycles. The van der Waals surface area contributed by atoms with Gasteiger partial charge in [-0.05, 0) is 43.4 Å². The fourth-order valence-corrected chi connectivity index (χ4v) is 4.64. The highest BCUT2D eigenvalue weighted by atomic mass is 32.2. The molecule has 0 spiro atoms. The quantitative estimate of drug-likeness (QED) is 0.713. The SMILES string of the molecule is CC[C@@H](C)[C@H](NC(=O)c1cc(S(=O)(=O)N2CCCC2)ccc1C)C(=O)OC. The maximum absolute atomic E-state index is 12.8. The van der Waals surface area contributed by atoms with E-state index in [1.54, 1.807) is 13.0 Å². The normalized spacial score (nSPS) is 17.3. The highest BCUT2D eigenvalue weighted by Crippen LogP contribution is 2.23. The number of ether oxygens (including phenoxy) is 1. The zero-order chi connectivity index (χ0) is 20.2. The van der Waals surface area contributed by atoms with E-state index in [4.69, 9.17) is 4.74 Å². The van der Waals surface area contributed by atoms with Gasteiger partial charge in [0.15, 0.2) is 0 Å². The number of methoxy groups -OCH3 is 1. The van der Waals surface area contributed by atoms with Crippen LogP contribution in [0, 0.1) is 12.8 Å². The molecular weight excluding hydrogens is 368 g/mol. The fraction of sp³-hybridized carbons (Fsp3) is 0.579. The number of hydrogen-bond donors (Lipinski definition) is 1. The van der Waals surface area contributed by atoms with Gasteiger partial charge < -0.3 is 10.1 Å². The molecule has 0 saturated carbocycles. The molecular formula is C19H28N2O5S. The zero-order valence-electron chi connectivity index (χ0n) is 16.3. The Morgan fingerprint density at radius 1 is 1.26 bits per heavy atom. The van der Waals surface area contributed by atoms with Crippen molar-refractivity contribution in [2.45, 2.75) is 51.0 Å². The Kier molecular flexibility index (Phi) is 7.00. The van der Waals surface area contributed by atoms with E-state index in [0.29, 0.717) is 25.1 Å². The van der Waals surface area contributed by atoms with Gasteiger partial charge in [-0.15, -0.1) is 0 Å². The van der Waals surface area contributed by atoms with Gasteiger partial charge in [-0.25, -0.2) is 13.2 Å². The van der Waals surface area contributed by atoms with Gasteiger partial charge in [-0.3, -0.25) is 4.79 Å². The predicted octanol–water partition coefficient (Wildman–Crippen LogP) is 2.10. The van der Waals surface area contributed by atoms with Crippen LogP contribution in [0.4, 0.5) is 0 Å². The van der Waals surface area contributed by atoms with Crippen LogP contribution in [-0.4, -0.2) is 50.8 Å². The highest BCUT2D eigenvalue weighted by Gasteiger charge is 2.30. The molecule has 1 fully saturated rings. The minimum Gasteiger partial charge on any atom is -0.467 e. The van der Waals surface area contributed by atoms with Crippen molar-refractivity contribution < 1.29 is 22.7 Å². The van der Waals surface area contributed by atoms with Crippen LogP contribution in [0.15, 0.2) is 23.1 Å². The molecule has 2 atom stereocenters. The molecule has 0 radical (unpaired) electrons. The van der Waals surface area contributed by atoms with Crippen LogP contribution >= 0.6 is 0 Å². The van der Waals surface area contributed by atoms with Gasteiger partial charge in [0.25, 0.3) is 5.91 Å². The highest BCUT2D eigenvalue weighted by molar-refractivity contribution is 7.89. The largest absolute Gasteiger partial charge is 0.467 e. The second-order valence-corrected chi connectivity index (χ2v) is 8.89. The maximum Gasteiger partial charge on any atom is 0.328 e. The molecule has 1 N–H and O–H groups in total. The Hall–Kier alpha value is -1.93. The van der Waals surface area contributed by atoms with Crippen LogP contribution in [0.1, 0.15) is 49.0 Å². The number of sulfonamides is 1. The average molecular weight is 397 g/mol. The summed E-state index contributed by atoms with van der Waals surface area (Å²) in [5.41, 5.74) is 0.883. The topological polar surface area (TPSA) is 92.8 Å². The van der Waals surface area contributed by atoms with Crippen molar-refractivity contribution in [1.82, 2.24) is 9.62 Å². The summed E-state index contributed by atoms with van der Waals surface area (Å²) in [5.74, 6) is -1.11. The molecule has 1 aliphatic rings. The lowest BCUT2D eigenvalue weighted by Crippen LogP contribution is -2.45. The number of amides is 1. The van der Waals surface area contributed by atoms with Crippen LogP contribution in [0.2, 0.25) is 0 Å². The minimum absolute atomic E-state index is 0.0957. The molecule has 2 rings (SSSR count). The molecule has 1 amide bonds. The number of nitrogens with one attached hydrogen (secondary N) is 1. The molecule has 0 aliphatic carbocycles. The maximum atomic E-state index is 12.8. The third-order valence-electron chi connectivity index (χ3n) is 5.11. The predicted molar refractivity (Wildman–Crippen MR) is 102 cm³/mol. The summed E-state index contributed by atoms with van der Waals surface area (Å²) in [4.78, 5) is 24.9. The molecule has 27 heavy (non-hydrogen) atoms. The van der Waals surface area contributed by atoms with E-state index in [-0.39, 0.29) is 16.4 Å². The van der Waals surface area contributed by atoms with Crippen LogP contribution in [0.25, 0.3) is 0 Å². The Labute approximate surface area is 161 Å². The van der Waals surface area contributed by atoms with Crippen molar-refractivity contribution in [3.05, 3.63) is 29.3 Å². The molecule has 1 aliphatic heterocycles. The van der Waals surface area contributed by atoms with Crippen molar-refractivity contribution in [1.29, 1.82) is 0 Å². The van der Waals surface area contributed by atoms with Gasteiger partial charge in [-0.1, -0.05) is 26.3 Å². The number of aryl methyl sites for hydroxylation is 1. The van der Waals surface area contributed by atoms with Crippen LogP contribution < -0.4 is 5.32 Å². The van der Waals surface area contributed by atoms with Gasteiger partial charge in [-0.2, -0.15) is 4.31 Å². The van der Waals surface area contributed by atoms with Gasteiger partial charge in [0.05, 0.1) is 12.0 Å². The lowest BCUT2D eigenvalue weighted by Gasteiger charge is -2.22. The number of esters is 1. The van der Waals surface area contributed by atoms with E-state index >= 15 is 0 Å². The Balaban J connectivity index is 2.31. The van der Waals surface area contributed by atoms with E-state index in [1.165, 1.54) is 23.5 Å². The monoisotopic (exact) mass is 396 g/mol. The van der Waals surface area contributed by atoms with Gasteiger partial charge in [0.2, 0.25) is 10.0 Å². The summed E-state index contributed by atoms with van der Waals surface area (Å²) in [6.07, 6.45) is 2.37. The molecule has 1 heterocycles. The third-order valence-corrected chi connectivity index (χ3v) is 7.01. The molecule has 7 nitrogen and oxygen atoms in total. The first-order valence-electron chi connectivity index (χ1n) is 9.21. The number of hydrogen-bond acceptors (Lipinski definition) is 5. The third kappa shape index (κ3) is 4.68. The van der Waals surface area contributed by atoms with Gasteiger partial charge in [0, 0.05) is 18.7 Å². The minimum atomic E-state index is -3.62. The van der Waals surface area contributed by atoms with Gasteiger partial charge >= 0.3 is 5.97 Å².